The molecular weight excluding hydrogens is 368 g/mol. The van der Waals surface area contributed by atoms with E-state index in [4.69, 9.17) is 4.74 Å². The summed E-state index contributed by atoms with van der Waals surface area (Å²) in [6.07, 6.45) is 0. The number of nitrogens with zero attached hydrogens (tertiary/aromatic N) is 1. The highest BCUT2D eigenvalue weighted by Crippen LogP contribution is 2.25. The number of phenolic OH excluding ortho intramolecular Hbond substituents is 1. The van der Waals surface area contributed by atoms with Crippen molar-refractivity contribution in [3.05, 3.63) is 58.7 Å². The minimum atomic E-state index is -1.32. The Kier molecular flexibility index (Phi) is 5.10. The fraction of sp³-hybridized carbons (Fsp3) is 0.158. The number of aromatic hydroxyl groups is 1. The number of benzene rings is 2. The molecule has 1 aliphatic heterocycles. The Labute approximate surface area is 159 Å². The number of fused-ring (bicyclic) bond motifs is 1. The summed E-state index contributed by atoms with van der Waals surface area (Å²) in [5.41, 5.74) is 0.0655. The second-order valence-corrected chi connectivity index (χ2v) is 6.00. The number of carboxylic acid groups (broad SMARTS) is 1. The first-order valence-corrected chi connectivity index (χ1v) is 8.20. The number of carbonyl (C=O) groups excluding carboxylic acids is 3. The van der Waals surface area contributed by atoms with Crippen LogP contribution in [0.25, 0.3) is 0 Å². The lowest BCUT2D eigenvalue weighted by molar-refractivity contribution is 0.0601. The van der Waals surface area contributed by atoms with Gasteiger partial charge in [-0.05, 0) is 36.4 Å². The van der Waals surface area contributed by atoms with Gasteiger partial charge in [-0.15, -0.1) is 0 Å². The van der Waals surface area contributed by atoms with Gasteiger partial charge in [0.15, 0.2) is 0 Å². The number of aromatic carboxylic acids is 1. The highest BCUT2D eigenvalue weighted by Gasteiger charge is 2.35. The molecule has 3 N–H and O–H groups in total. The third-order valence-electron chi connectivity index (χ3n) is 4.23. The molecule has 0 saturated carbocycles. The van der Waals surface area contributed by atoms with Crippen LogP contribution in [-0.2, 0) is 4.74 Å². The lowest BCUT2D eigenvalue weighted by Gasteiger charge is -2.12. The number of methoxy groups -OCH3 is 1. The van der Waals surface area contributed by atoms with Crippen molar-refractivity contribution in [2.24, 2.45) is 0 Å². The lowest BCUT2D eigenvalue weighted by atomic mass is 10.0. The Balaban J connectivity index is 1.87. The monoisotopic (exact) mass is 384 g/mol. The van der Waals surface area contributed by atoms with E-state index in [-0.39, 0.29) is 46.8 Å². The van der Waals surface area contributed by atoms with Crippen LogP contribution in [0.4, 0.5) is 5.69 Å². The maximum absolute atomic E-state index is 12.5. The molecule has 3 amide bonds. The molecule has 28 heavy (non-hydrogen) atoms. The summed E-state index contributed by atoms with van der Waals surface area (Å²) in [6, 6.07) is 7.55. The lowest BCUT2D eigenvalue weighted by Crippen LogP contribution is -2.32. The first kappa shape index (κ1) is 19.1. The number of hydrogen-bond donors (Lipinski definition) is 3. The zero-order valence-electron chi connectivity index (χ0n) is 14.8. The predicted molar refractivity (Wildman–Crippen MR) is 96.7 cm³/mol. The van der Waals surface area contributed by atoms with Gasteiger partial charge in [0.2, 0.25) is 0 Å². The quantitative estimate of drug-likeness (QED) is 0.509. The number of carboxylic acids is 1. The molecule has 0 saturated heterocycles. The highest BCUT2D eigenvalue weighted by molar-refractivity contribution is 6.22. The number of hydrogen-bond acceptors (Lipinski definition) is 6. The SMILES string of the molecule is COCCN1C(=O)c2ccc(C(=O)Nc3ccc(O)cc3C(=O)O)cc2C1=O. The molecule has 0 spiro atoms. The summed E-state index contributed by atoms with van der Waals surface area (Å²) in [7, 11) is 1.45. The number of carbonyl (C=O) groups is 4. The van der Waals surface area contributed by atoms with E-state index in [0.717, 1.165) is 11.0 Å². The molecule has 9 heteroatoms. The molecule has 0 unspecified atom stereocenters. The number of anilines is 1. The van der Waals surface area contributed by atoms with Crippen LogP contribution in [0.5, 0.6) is 5.75 Å². The van der Waals surface area contributed by atoms with Gasteiger partial charge >= 0.3 is 5.97 Å². The van der Waals surface area contributed by atoms with E-state index in [9.17, 15) is 29.4 Å². The van der Waals surface area contributed by atoms with Crippen LogP contribution in [0.3, 0.4) is 0 Å². The van der Waals surface area contributed by atoms with Crippen molar-refractivity contribution in [1.29, 1.82) is 0 Å². The number of rotatable bonds is 6. The van der Waals surface area contributed by atoms with Crippen molar-refractivity contribution in [1.82, 2.24) is 4.90 Å². The van der Waals surface area contributed by atoms with E-state index in [1.807, 2.05) is 0 Å². The summed E-state index contributed by atoms with van der Waals surface area (Å²) in [6.45, 7) is 0.289. The molecular formula is C19H16N2O7. The van der Waals surface area contributed by atoms with E-state index in [1.165, 1.54) is 37.4 Å². The first-order valence-electron chi connectivity index (χ1n) is 8.20. The van der Waals surface area contributed by atoms with Crippen LogP contribution in [-0.4, -0.2) is 59.1 Å². The van der Waals surface area contributed by atoms with Crippen molar-refractivity contribution in [3.63, 3.8) is 0 Å². The third-order valence-corrected chi connectivity index (χ3v) is 4.23. The van der Waals surface area contributed by atoms with Crippen LogP contribution in [0.2, 0.25) is 0 Å². The maximum atomic E-state index is 12.5. The number of phenols is 1. The Morgan fingerprint density at radius 3 is 2.46 bits per heavy atom. The van der Waals surface area contributed by atoms with E-state index in [0.29, 0.717) is 0 Å². The molecule has 144 valence electrons. The second-order valence-electron chi connectivity index (χ2n) is 6.00. The van der Waals surface area contributed by atoms with E-state index in [2.05, 4.69) is 5.32 Å². The molecule has 3 rings (SSSR count). The van der Waals surface area contributed by atoms with E-state index >= 15 is 0 Å². The molecule has 0 bridgehead atoms. The number of imide groups is 1. The fourth-order valence-electron chi connectivity index (χ4n) is 2.83. The average molecular weight is 384 g/mol. The van der Waals surface area contributed by atoms with Gasteiger partial charge in [0.05, 0.1) is 35.5 Å². The zero-order chi connectivity index (χ0) is 20.4. The summed E-state index contributed by atoms with van der Waals surface area (Å²) in [4.78, 5) is 49.6. The normalized spacial score (nSPS) is 12.8. The second kappa shape index (κ2) is 7.49. The first-order chi connectivity index (χ1) is 13.3. The standard InChI is InChI=1S/C19H16N2O7/c1-28-7-6-21-17(24)12-4-2-10(8-13(12)18(21)25)16(23)20-15-5-3-11(22)9-14(15)19(26)27/h2-5,8-9,22H,6-7H2,1H3,(H,20,23)(H,26,27). The number of ether oxygens (including phenoxy) is 1. The Bertz CT molecular complexity index is 1000. The smallest absolute Gasteiger partial charge is 0.337 e. The molecule has 9 nitrogen and oxygen atoms in total. The highest BCUT2D eigenvalue weighted by atomic mass is 16.5. The molecule has 1 heterocycles. The summed E-state index contributed by atoms with van der Waals surface area (Å²) >= 11 is 0. The van der Waals surface area contributed by atoms with Crippen LogP contribution in [0.15, 0.2) is 36.4 Å². The van der Waals surface area contributed by atoms with Gasteiger partial charge < -0.3 is 20.3 Å². The summed E-state index contributed by atoms with van der Waals surface area (Å²) in [5.74, 6) is -3.23. The van der Waals surface area contributed by atoms with Gasteiger partial charge in [-0.1, -0.05) is 0 Å². The molecule has 1 aliphatic rings. The number of amides is 3. The van der Waals surface area contributed by atoms with Crippen molar-refractivity contribution in [2.45, 2.75) is 0 Å². The Morgan fingerprint density at radius 1 is 1.07 bits per heavy atom. The van der Waals surface area contributed by atoms with E-state index < -0.39 is 23.7 Å². The van der Waals surface area contributed by atoms with Gasteiger partial charge in [0, 0.05) is 12.7 Å². The fourth-order valence-corrected chi connectivity index (χ4v) is 2.83. The van der Waals surface area contributed by atoms with E-state index in [1.54, 1.807) is 0 Å². The summed E-state index contributed by atoms with van der Waals surface area (Å²) in [5, 5.41) is 21.1. The zero-order valence-corrected chi connectivity index (χ0v) is 14.8. The van der Waals surface area contributed by atoms with Crippen LogP contribution in [0, 0.1) is 0 Å². The molecule has 2 aromatic rings. The molecule has 0 atom stereocenters. The van der Waals surface area contributed by atoms with Crippen molar-refractivity contribution < 1.29 is 34.1 Å². The molecule has 0 fully saturated rings. The van der Waals surface area contributed by atoms with Crippen molar-refractivity contribution >= 4 is 29.4 Å². The molecule has 0 aliphatic carbocycles. The van der Waals surface area contributed by atoms with Crippen LogP contribution < -0.4 is 5.32 Å². The van der Waals surface area contributed by atoms with Gasteiger partial charge in [-0.2, -0.15) is 0 Å². The maximum Gasteiger partial charge on any atom is 0.337 e. The molecule has 0 radical (unpaired) electrons. The van der Waals surface area contributed by atoms with Gasteiger partial charge in [0.1, 0.15) is 5.75 Å². The van der Waals surface area contributed by atoms with Crippen molar-refractivity contribution in [3.8, 4) is 5.75 Å². The van der Waals surface area contributed by atoms with Gasteiger partial charge in [0.25, 0.3) is 17.7 Å². The van der Waals surface area contributed by atoms with Crippen LogP contribution >= 0.6 is 0 Å². The molecule has 2 aromatic carbocycles. The largest absolute Gasteiger partial charge is 0.508 e. The van der Waals surface area contributed by atoms with Gasteiger partial charge in [-0.3, -0.25) is 19.3 Å². The minimum Gasteiger partial charge on any atom is -0.508 e. The van der Waals surface area contributed by atoms with Gasteiger partial charge in [-0.25, -0.2) is 4.79 Å². The molecule has 0 aromatic heterocycles. The van der Waals surface area contributed by atoms with Crippen molar-refractivity contribution in [2.75, 3.05) is 25.6 Å². The summed E-state index contributed by atoms with van der Waals surface area (Å²) < 4.78 is 4.89. The average Bonchev–Trinajstić information content (AvgIpc) is 2.91. The Morgan fingerprint density at radius 2 is 1.79 bits per heavy atom. The minimum absolute atomic E-state index is 0.0140. The predicted octanol–water partition coefficient (Wildman–Crippen LogP) is 1.59. The number of nitrogens with one attached hydrogen (secondary N) is 1. The third kappa shape index (κ3) is 3.42. The Hall–Kier alpha value is -3.72. The topological polar surface area (TPSA) is 133 Å². The van der Waals surface area contributed by atoms with Crippen LogP contribution in [0.1, 0.15) is 41.4 Å².